The van der Waals surface area contributed by atoms with E-state index in [0.717, 1.165) is 16.9 Å². The number of hydrogen-bond donors (Lipinski definition) is 1. The molecule has 1 unspecified atom stereocenters. The number of Topliss-reactive ketones (excluding diaryl/α,β-unsaturated/α-hetero) is 1. The third kappa shape index (κ3) is 5.11. The van der Waals surface area contributed by atoms with Crippen LogP contribution in [0.15, 0.2) is 48.0 Å². The number of ether oxygens (including phenoxy) is 1. The number of hydrogen-bond acceptors (Lipinski definition) is 5. The summed E-state index contributed by atoms with van der Waals surface area (Å²) in [5.41, 5.74) is 3.44. The lowest BCUT2D eigenvalue weighted by atomic mass is 9.93. The molecule has 1 aliphatic rings. The quantitative estimate of drug-likeness (QED) is 0.364. The van der Waals surface area contributed by atoms with Gasteiger partial charge in [0.2, 0.25) is 0 Å². The van der Waals surface area contributed by atoms with Crippen molar-refractivity contribution in [2.75, 3.05) is 33.8 Å². The maximum atomic E-state index is 13.1. The maximum Gasteiger partial charge on any atom is 0.295 e. The van der Waals surface area contributed by atoms with Gasteiger partial charge in [0.15, 0.2) is 0 Å². The number of ketones is 1. The second-order valence-electron chi connectivity index (χ2n) is 9.03. The van der Waals surface area contributed by atoms with Crippen LogP contribution in [0.25, 0.3) is 5.76 Å². The van der Waals surface area contributed by atoms with E-state index in [9.17, 15) is 14.7 Å². The molecule has 6 nitrogen and oxygen atoms in total. The first-order chi connectivity index (χ1) is 15.6. The Balaban J connectivity index is 2.12. The van der Waals surface area contributed by atoms with Crippen LogP contribution in [0.1, 0.15) is 55.0 Å². The zero-order valence-electron chi connectivity index (χ0n) is 20.4. The summed E-state index contributed by atoms with van der Waals surface area (Å²) in [6.45, 7) is 9.56. The summed E-state index contributed by atoms with van der Waals surface area (Å²) in [6.07, 6.45) is 0. The second kappa shape index (κ2) is 10.2. The van der Waals surface area contributed by atoms with Crippen LogP contribution in [0.4, 0.5) is 0 Å². The number of amides is 1. The molecule has 1 heterocycles. The van der Waals surface area contributed by atoms with Crippen molar-refractivity contribution in [3.05, 3.63) is 70.3 Å². The maximum absolute atomic E-state index is 13.1. The first kappa shape index (κ1) is 24.5. The van der Waals surface area contributed by atoms with E-state index in [1.165, 1.54) is 5.56 Å². The van der Waals surface area contributed by atoms with Crippen LogP contribution >= 0.6 is 0 Å². The molecule has 1 aliphatic heterocycles. The van der Waals surface area contributed by atoms with Crippen molar-refractivity contribution in [1.29, 1.82) is 0 Å². The van der Waals surface area contributed by atoms with E-state index >= 15 is 0 Å². The Bertz CT molecular complexity index is 1050. The fraction of sp³-hybridized carbons (Fsp3) is 0.407. The first-order valence-corrected chi connectivity index (χ1v) is 11.4. The van der Waals surface area contributed by atoms with Gasteiger partial charge in [-0.1, -0.05) is 38.1 Å². The number of carbonyl (C=O) groups excluding carboxylic acids is 2. The fourth-order valence-corrected chi connectivity index (χ4v) is 4.10. The molecule has 6 heteroatoms. The standard InChI is InChI=1S/C27H34N2O4/c1-7-33-22-13-12-21(16-18(22)4)25(30)23-24(20-10-8-19(9-11-20)17(2)3)29(15-14-28(5)6)27(32)26(23)31/h8-13,16-17,24,30H,7,14-15H2,1-6H3/b25-23-. The van der Waals surface area contributed by atoms with Gasteiger partial charge < -0.3 is 19.6 Å². The largest absolute Gasteiger partial charge is 0.507 e. The van der Waals surface area contributed by atoms with Gasteiger partial charge >= 0.3 is 0 Å². The van der Waals surface area contributed by atoms with E-state index in [-0.39, 0.29) is 11.3 Å². The molecular weight excluding hydrogens is 416 g/mol. The summed E-state index contributed by atoms with van der Waals surface area (Å²) < 4.78 is 5.60. The Morgan fingerprint density at radius 1 is 1.12 bits per heavy atom. The Labute approximate surface area is 196 Å². The molecule has 2 aromatic rings. The third-order valence-electron chi connectivity index (χ3n) is 6.00. The van der Waals surface area contributed by atoms with Gasteiger partial charge in [-0.05, 0) is 68.8 Å². The van der Waals surface area contributed by atoms with Crippen LogP contribution in [-0.4, -0.2) is 60.4 Å². The minimum atomic E-state index is -0.657. The van der Waals surface area contributed by atoms with Crippen LogP contribution in [-0.2, 0) is 9.59 Å². The van der Waals surface area contributed by atoms with Crippen molar-refractivity contribution in [2.45, 2.75) is 39.7 Å². The van der Waals surface area contributed by atoms with Gasteiger partial charge in [0.1, 0.15) is 11.5 Å². The van der Waals surface area contributed by atoms with E-state index in [1.54, 1.807) is 23.1 Å². The van der Waals surface area contributed by atoms with Gasteiger partial charge in [0.25, 0.3) is 11.7 Å². The summed E-state index contributed by atoms with van der Waals surface area (Å²) in [5, 5.41) is 11.3. The molecule has 0 radical (unpaired) electrons. The topological polar surface area (TPSA) is 70.1 Å². The number of likely N-dealkylation sites (tertiary alicyclic amines) is 1. The van der Waals surface area contributed by atoms with Gasteiger partial charge in [-0.3, -0.25) is 9.59 Å². The zero-order valence-corrected chi connectivity index (χ0v) is 20.4. The summed E-state index contributed by atoms with van der Waals surface area (Å²) >= 11 is 0. The van der Waals surface area contributed by atoms with Crippen molar-refractivity contribution < 1.29 is 19.4 Å². The van der Waals surface area contributed by atoms with Crippen molar-refractivity contribution >= 4 is 17.4 Å². The monoisotopic (exact) mass is 450 g/mol. The minimum absolute atomic E-state index is 0.125. The third-order valence-corrected chi connectivity index (χ3v) is 6.00. The molecular formula is C27H34N2O4. The number of nitrogens with zero attached hydrogens (tertiary/aromatic N) is 2. The Hall–Kier alpha value is -3.12. The molecule has 0 bridgehead atoms. The van der Waals surface area contributed by atoms with E-state index in [1.807, 2.05) is 57.1 Å². The Kier molecular flexibility index (Phi) is 7.59. The number of carbonyl (C=O) groups is 2. The van der Waals surface area contributed by atoms with E-state index in [2.05, 4.69) is 13.8 Å². The summed E-state index contributed by atoms with van der Waals surface area (Å²) in [4.78, 5) is 29.7. The van der Waals surface area contributed by atoms with Crippen LogP contribution < -0.4 is 4.74 Å². The van der Waals surface area contributed by atoms with Gasteiger partial charge in [-0.15, -0.1) is 0 Å². The molecule has 1 amide bonds. The number of benzene rings is 2. The van der Waals surface area contributed by atoms with Crippen molar-refractivity contribution in [2.24, 2.45) is 0 Å². The Morgan fingerprint density at radius 3 is 2.33 bits per heavy atom. The molecule has 0 aromatic heterocycles. The zero-order chi connectivity index (χ0) is 24.3. The lowest BCUT2D eigenvalue weighted by molar-refractivity contribution is -0.140. The van der Waals surface area contributed by atoms with E-state index < -0.39 is 17.7 Å². The molecule has 1 fully saturated rings. The molecule has 1 saturated heterocycles. The highest BCUT2D eigenvalue weighted by atomic mass is 16.5. The SMILES string of the molecule is CCOc1ccc(/C(O)=C2/C(=O)C(=O)N(CCN(C)C)C2c2ccc(C(C)C)cc2)cc1C. The average molecular weight is 451 g/mol. The van der Waals surface area contributed by atoms with Crippen molar-refractivity contribution in [3.63, 3.8) is 0 Å². The van der Waals surface area contributed by atoms with Gasteiger partial charge in [0.05, 0.1) is 18.2 Å². The van der Waals surface area contributed by atoms with Gasteiger partial charge in [0, 0.05) is 18.7 Å². The second-order valence-corrected chi connectivity index (χ2v) is 9.03. The minimum Gasteiger partial charge on any atom is -0.507 e. The van der Waals surface area contributed by atoms with Crippen LogP contribution in [0, 0.1) is 6.92 Å². The molecule has 0 saturated carbocycles. The van der Waals surface area contributed by atoms with Gasteiger partial charge in [-0.25, -0.2) is 0 Å². The Morgan fingerprint density at radius 2 is 1.79 bits per heavy atom. The summed E-state index contributed by atoms with van der Waals surface area (Å²) in [6, 6.07) is 12.6. The summed E-state index contributed by atoms with van der Waals surface area (Å²) in [5.74, 6) is -0.313. The average Bonchev–Trinajstić information content (AvgIpc) is 3.03. The summed E-state index contributed by atoms with van der Waals surface area (Å²) in [7, 11) is 3.84. The molecule has 1 atom stereocenters. The molecule has 1 N–H and O–H groups in total. The number of aryl methyl sites for hydroxylation is 1. The highest BCUT2D eigenvalue weighted by Crippen LogP contribution is 2.40. The van der Waals surface area contributed by atoms with E-state index in [0.29, 0.717) is 31.2 Å². The van der Waals surface area contributed by atoms with Gasteiger partial charge in [-0.2, -0.15) is 0 Å². The normalized spacial score (nSPS) is 17.9. The number of aliphatic hydroxyl groups is 1. The fourth-order valence-electron chi connectivity index (χ4n) is 4.10. The lowest BCUT2D eigenvalue weighted by Crippen LogP contribution is -2.35. The smallest absolute Gasteiger partial charge is 0.295 e. The predicted octanol–water partition coefficient (Wildman–Crippen LogP) is 4.50. The van der Waals surface area contributed by atoms with E-state index in [4.69, 9.17) is 4.74 Å². The number of likely N-dealkylation sites (N-methyl/N-ethyl adjacent to an activating group) is 1. The number of aliphatic hydroxyl groups excluding tert-OH is 1. The number of rotatable bonds is 8. The highest BCUT2D eigenvalue weighted by Gasteiger charge is 2.45. The van der Waals surface area contributed by atoms with Crippen LogP contribution in [0.2, 0.25) is 0 Å². The highest BCUT2D eigenvalue weighted by molar-refractivity contribution is 6.46. The lowest BCUT2D eigenvalue weighted by Gasteiger charge is -2.27. The molecule has 33 heavy (non-hydrogen) atoms. The first-order valence-electron chi connectivity index (χ1n) is 11.4. The molecule has 2 aromatic carbocycles. The van der Waals surface area contributed by atoms with Crippen LogP contribution in [0.5, 0.6) is 5.75 Å². The molecule has 0 spiro atoms. The molecule has 0 aliphatic carbocycles. The van der Waals surface area contributed by atoms with Crippen molar-refractivity contribution in [3.8, 4) is 5.75 Å². The van der Waals surface area contributed by atoms with Crippen LogP contribution in [0.3, 0.4) is 0 Å². The predicted molar refractivity (Wildman–Crippen MR) is 130 cm³/mol. The molecule has 176 valence electrons. The van der Waals surface area contributed by atoms with Crippen molar-refractivity contribution in [1.82, 2.24) is 9.80 Å². The molecule has 3 rings (SSSR count).